The molecule has 1 atom stereocenters. The Balaban J connectivity index is 2.27. The van der Waals surface area contributed by atoms with Gasteiger partial charge >= 0.3 is 5.97 Å². The number of pyridine rings is 1. The summed E-state index contributed by atoms with van der Waals surface area (Å²) in [4.78, 5) is 14.7. The maximum atomic E-state index is 10.6. The first-order valence-corrected chi connectivity index (χ1v) is 5.01. The summed E-state index contributed by atoms with van der Waals surface area (Å²) >= 11 is 0. The Morgan fingerprint density at radius 2 is 2.12 bits per heavy atom. The zero-order chi connectivity index (χ0) is 12.4. The minimum Gasteiger partial charge on any atom is -0.475 e. The lowest BCUT2D eigenvalue weighted by molar-refractivity contribution is 0.0654. The van der Waals surface area contributed by atoms with Crippen LogP contribution < -0.4 is 0 Å². The molecule has 0 aromatic carbocycles. The van der Waals surface area contributed by atoms with E-state index in [4.69, 9.17) is 9.52 Å². The number of hydrogen-bond acceptors (Lipinski definition) is 4. The molecule has 2 aromatic rings. The number of aryl methyl sites for hydroxylation is 1. The van der Waals surface area contributed by atoms with Crippen LogP contribution >= 0.6 is 0 Å². The molecule has 5 nitrogen and oxygen atoms in total. The Morgan fingerprint density at radius 1 is 1.35 bits per heavy atom. The highest BCUT2D eigenvalue weighted by atomic mass is 16.4. The molecule has 5 heteroatoms. The number of hydrogen-bond donors (Lipinski definition) is 2. The molecular weight excluding hydrogens is 222 g/mol. The molecule has 0 aliphatic rings. The monoisotopic (exact) mass is 233 g/mol. The quantitative estimate of drug-likeness (QED) is 0.843. The molecule has 2 heterocycles. The molecule has 0 aliphatic carbocycles. The van der Waals surface area contributed by atoms with Gasteiger partial charge in [-0.25, -0.2) is 4.79 Å². The Bertz CT molecular complexity index is 530. The normalized spacial score (nSPS) is 12.4. The molecular formula is C12H11NO4. The molecule has 2 N–H and O–H groups in total. The average Bonchev–Trinajstić information content (AvgIpc) is 2.78. The topological polar surface area (TPSA) is 83.6 Å². The van der Waals surface area contributed by atoms with Gasteiger partial charge in [0.05, 0.1) is 5.69 Å². The van der Waals surface area contributed by atoms with E-state index >= 15 is 0 Å². The fourth-order valence-electron chi connectivity index (χ4n) is 1.40. The van der Waals surface area contributed by atoms with Crippen LogP contribution in [0, 0.1) is 6.92 Å². The van der Waals surface area contributed by atoms with E-state index in [1.54, 1.807) is 12.3 Å². The van der Waals surface area contributed by atoms with E-state index < -0.39 is 12.1 Å². The van der Waals surface area contributed by atoms with Gasteiger partial charge in [-0.3, -0.25) is 4.98 Å². The molecule has 0 saturated carbocycles. The number of carboxylic acids is 1. The molecule has 0 radical (unpaired) electrons. The smallest absolute Gasteiger partial charge is 0.371 e. The van der Waals surface area contributed by atoms with Crippen molar-refractivity contribution in [3.63, 3.8) is 0 Å². The number of aliphatic hydroxyl groups excluding tert-OH is 1. The van der Waals surface area contributed by atoms with Crippen LogP contribution in [0.4, 0.5) is 0 Å². The molecule has 0 spiro atoms. The molecule has 0 aliphatic heterocycles. The highest BCUT2D eigenvalue weighted by molar-refractivity contribution is 5.84. The maximum absolute atomic E-state index is 10.6. The van der Waals surface area contributed by atoms with Gasteiger partial charge in [0.25, 0.3) is 0 Å². The van der Waals surface area contributed by atoms with Gasteiger partial charge < -0.3 is 14.6 Å². The van der Waals surface area contributed by atoms with E-state index in [-0.39, 0.29) is 11.5 Å². The first-order chi connectivity index (χ1) is 8.08. The van der Waals surface area contributed by atoms with Crippen LogP contribution in [0.15, 0.2) is 34.9 Å². The SMILES string of the molecule is Cc1ccc(C(O)c2ccc(C(=O)O)o2)nc1. The summed E-state index contributed by atoms with van der Waals surface area (Å²) in [5.41, 5.74) is 1.40. The van der Waals surface area contributed by atoms with Crippen LogP contribution in [0.3, 0.4) is 0 Å². The van der Waals surface area contributed by atoms with E-state index in [1.165, 1.54) is 12.1 Å². The molecule has 0 saturated heterocycles. The molecule has 2 rings (SSSR count). The van der Waals surface area contributed by atoms with Crippen molar-refractivity contribution >= 4 is 5.97 Å². The van der Waals surface area contributed by atoms with Crippen molar-refractivity contribution in [3.8, 4) is 0 Å². The molecule has 0 fully saturated rings. The average molecular weight is 233 g/mol. The van der Waals surface area contributed by atoms with Crippen molar-refractivity contribution in [2.45, 2.75) is 13.0 Å². The highest BCUT2D eigenvalue weighted by Gasteiger charge is 2.18. The lowest BCUT2D eigenvalue weighted by atomic mass is 10.1. The van der Waals surface area contributed by atoms with E-state index in [2.05, 4.69) is 4.98 Å². The summed E-state index contributed by atoms with van der Waals surface area (Å²) in [6.45, 7) is 1.89. The number of aliphatic hydroxyl groups is 1. The second-order valence-electron chi connectivity index (χ2n) is 3.67. The Morgan fingerprint density at radius 3 is 2.65 bits per heavy atom. The number of carbonyl (C=O) groups is 1. The summed E-state index contributed by atoms with van der Waals surface area (Å²) in [6, 6.07) is 6.21. The van der Waals surface area contributed by atoms with Gasteiger partial charge in [-0.1, -0.05) is 6.07 Å². The number of aromatic carboxylic acids is 1. The van der Waals surface area contributed by atoms with Crippen LogP contribution in [0.25, 0.3) is 0 Å². The van der Waals surface area contributed by atoms with Gasteiger partial charge in [0.1, 0.15) is 5.76 Å². The first-order valence-electron chi connectivity index (χ1n) is 5.01. The van der Waals surface area contributed by atoms with Gasteiger partial charge in [-0.15, -0.1) is 0 Å². The van der Waals surface area contributed by atoms with E-state index in [0.29, 0.717) is 5.69 Å². The zero-order valence-electron chi connectivity index (χ0n) is 9.12. The fraction of sp³-hybridized carbons (Fsp3) is 0.167. The Hall–Kier alpha value is -2.14. The summed E-state index contributed by atoms with van der Waals surface area (Å²) in [6.07, 6.45) is 0.572. The largest absolute Gasteiger partial charge is 0.475 e. The number of nitrogens with zero attached hydrogens (tertiary/aromatic N) is 1. The lowest BCUT2D eigenvalue weighted by Crippen LogP contribution is -2.01. The number of furan rings is 1. The molecule has 17 heavy (non-hydrogen) atoms. The summed E-state index contributed by atoms with van der Waals surface area (Å²) in [5.74, 6) is -1.20. The van der Waals surface area contributed by atoms with E-state index in [9.17, 15) is 9.90 Å². The predicted molar refractivity (Wildman–Crippen MR) is 58.7 cm³/mol. The van der Waals surface area contributed by atoms with Crippen LogP contribution in [0.5, 0.6) is 0 Å². The zero-order valence-corrected chi connectivity index (χ0v) is 9.12. The van der Waals surface area contributed by atoms with Crippen LogP contribution in [-0.2, 0) is 0 Å². The van der Waals surface area contributed by atoms with Crippen molar-refractivity contribution in [1.29, 1.82) is 0 Å². The Kier molecular flexibility index (Phi) is 2.93. The van der Waals surface area contributed by atoms with Crippen molar-refractivity contribution in [2.24, 2.45) is 0 Å². The van der Waals surface area contributed by atoms with Crippen LogP contribution in [-0.4, -0.2) is 21.2 Å². The number of carboxylic acid groups (broad SMARTS) is 1. The minimum atomic E-state index is -1.17. The molecule has 0 bridgehead atoms. The van der Waals surface area contributed by atoms with Gasteiger partial charge in [-0.2, -0.15) is 0 Å². The summed E-state index contributed by atoms with van der Waals surface area (Å²) in [7, 11) is 0. The van der Waals surface area contributed by atoms with Crippen molar-refractivity contribution in [3.05, 3.63) is 53.2 Å². The van der Waals surface area contributed by atoms with E-state index in [0.717, 1.165) is 5.56 Å². The third-order valence-electron chi connectivity index (χ3n) is 2.32. The predicted octanol–water partition coefficient (Wildman–Crippen LogP) is 1.76. The van der Waals surface area contributed by atoms with Crippen LogP contribution in [0.1, 0.15) is 33.7 Å². The molecule has 88 valence electrons. The first kappa shape index (κ1) is 11.3. The number of rotatable bonds is 3. The number of aromatic nitrogens is 1. The fourth-order valence-corrected chi connectivity index (χ4v) is 1.40. The van der Waals surface area contributed by atoms with Crippen molar-refractivity contribution in [2.75, 3.05) is 0 Å². The molecule has 2 aromatic heterocycles. The summed E-state index contributed by atoms with van der Waals surface area (Å²) < 4.78 is 5.00. The standard InChI is InChI=1S/C12H11NO4/c1-7-2-3-8(13-6-7)11(14)9-4-5-10(17-9)12(15)16/h2-6,11,14H,1H3,(H,15,16). The van der Waals surface area contributed by atoms with E-state index in [1.807, 2.05) is 13.0 Å². The maximum Gasteiger partial charge on any atom is 0.371 e. The van der Waals surface area contributed by atoms with Gasteiger partial charge in [0.2, 0.25) is 5.76 Å². The Labute approximate surface area is 97.3 Å². The van der Waals surface area contributed by atoms with Gasteiger partial charge in [0, 0.05) is 6.20 Å². The minimum absolute atomic E-state index is 0.166. The second-order valence-corrected chi connectivity index (χ2v) is 3.67. The molecule has 1 unspecified atom stereocenters. The molecule has 0 amide bonds. The van der Waals surface area contributed by atoms with Crippen molar-refractivity contribution in [1.82, 2.24) is 4.98 Å². The van der Waals surface area contributed by atoms with Gasteiger partial charge in [-0.05, 0) is 30.7 Å². The van der Waals surface area contributed by atoms with Crippen molar-refractivity contribution < 1.29 is 19.4 Å². The third-order valence-corrected chi connectivity index (χ3v) is 2.32. The lowest BCUT2D eigenvalue weighted by Gasteiger charge is -2.06. The highest BCUT2D eigenvalue weighted by Crippen LogP contribution is 2.22. The third kappa shape index (κ3) is 2.34. The van der Waals surface area contributed by atoms with Crippen LogP contribution in [0.2, 0.25) is 0 Å². The summed E-state index contributed by atoms with van der Waals surface area (Å²) in [5, 5.41) is 18.6. The second kappa shape index (κ2) is 4.39. The van der Waals surface area contributed by atoms with Gasteiger partial charge in [0.15, 0.2) is 6.10 Å².